The second-order valence-electron chi connectivity index (χ2n) is 3.74. The van der Waals surface area contributed by atoms with Gasteiger partial charge in [0.2, 0.25) is 0 Å². The summed E-state index contributed by atoms with van der Waals surface area (Å²) >= 11 is 0. The number of urea groups is 1. The minimum atomic E-state index is 0.0307. The fourth-order valence-electron chi connectivity index (χ4n) is 1.79. The van der Waals surface area contributed by atoms with E-state index in [1.165, 1.54) is 0 Å². The van der Waals surface area contributed by atoms with E-state index in [0.29, 0.717) is 5.92 Å². The van der Waals surface area contributed by atoms with Crippen molar-refractivity contribution in [3.8, 4) is 0 Å². The molecule has 13 heavy (non-hydrogen) atoms. The fourth-order valence-corrected chi connectivity index (χ4v) is 1.79. The summed E-state index contributed by atoms with van der Waals surface area (Å²) in [6.45, 7) is 3.72. The van der Waals surface area contributed by atoms with E-state index in [1.807, 2.05) is 11.8 Å². The molecular weight excluding hydrogens is 166 g/mol. The molecule has 4 heteroatoms. The third-order valence-corrected chi connectivity index (χ3v) is 2.78. The molecule has 1 saturated heterocycles. The molecule has 1 aliphatic rings. The van der Waals surface area contributed by atoms with Crippen molar-refractivity contribution in [2.75, 3.05) is 20.1 Å². The Kier molecular flexibility index (Phi) is 3.54. The molecule has 76 valence electrons. The first-order valence-electron chi connectivity index (χ1n) is 4.87. The molecule has 0 spiro atoms. The molecule has 1 atom stereocenters. The van der Waals surface area contributed by atoms with Gasteiger partial charge in [0.1, 0.15) is 0 Å². The highest BCUT2D eigenvalue weighted by atomic mass is 16.2. The van der Waals surface area contributed by atoms with Crippen LogP contribution in [0.2, 0.25) is 0 Å². The van der Waals surface area contributed by atoms with Crippen molar-refractivity contribution in [1.82, 2.24) is 10.2 Å². The van der Waals surface area contributed by atoms with Crippen molar-refractivity contribution in [2.45, 2.75) is 25.8 Å². The van der Waals surface area contributed by atoms with E-state index in [2.05, 4.69) is 5.32 Å². The lowest BCUT2D eigenvalue weighted by molar-refractivity contribution is 0.166. The predicted octanol–water partition coefficient (Wildman–Crippen LogP) is 0.385. The Morgan fingerprint density at radius 1 is 1.54 bits per heavy atom. The highest BCUT2D eigenvalue weighted by Gasteiger charge is 2.23. The number of amides is 2. The average Bonchev–Trinajstić information content (AvgIpc) is 2.17. The van der Waals surface area contributed by atoms with Crippen LogP contribution in [0.25, 0.3) is 0 Å². The van der Waals surface area contributed by atoms with E-state index in [4.69, 9.17) is 5.73 Å². The van der Waals surface area contributed by atoms with Crippen LogP contribution in [-0.2, 0) is 0 Å². The van der Waals surface area contributed by atoms with E-state index in [0.717, 1.165) is 25.9 Å². The second kappa shape index (κ2) is 4.46. The number of nitrogens with zero attached hydrogens (tertiary/aromatic N) is 1. The van der Waals surface area contributed by atoms with Gasteiger partial charge in [0.15, 0.2) is 0 Å². The summed E-state index contributed by atoms with van der Waals surface area (Å²) < 4.78 is 0. The normalized spacial score (nSPS) is 21.3. The second-order valence-corrected chi connectivity index (χ2v) is 3.74. The molecule has 1 rings (SSSR count). The van der Waals surface area contributed by atoms with Gasteiger partial charge in [-0.2, -0.15) is 0 Å². The van der Waals surface area contributed by atoms with Crippen LogP contribution in [-0.4, -0.2) is 37.1 Å². The molecule has 0 radical (unpaired) electrons. The summed E-state index contributed by atoms with van der Waals surface area (Å²) in [6, 6.07) is 0.287. The topological polar surface area (TPSA) is 58.4 Å². The zero-order valence-corrected chi connectivity index (χ0v) is 8.42. The minimum absolute atomic E-state index is 0.0307. The lowest BCUT2D eigenvalue weighted by Gasteiger charge is -2.33. The smallest absolute Gasteiger partial charge is 0.317 e. The summed E-state index contributed by atoms with van der Waals surface area (Å²) in [5.41, 5.74) is 5.80. The molecule has 4 nitrogen and oxygen atoms in total. The van der Waals surface area contributed by atoms with E-state index >= 15 is 0 Å². The number of hydrogen-bond acceptors (Lipinski definition) is 2. The fraction of sp³-hybridized carbons (Fsp3) is 0.889. The van der Waals surface area contributed by atoms with Crippen LogP contribution in [0, 0.1) is 5.92 Å². The van der Waals surface area contributed by atoms with Crippen molar-refractivity contribution < 1.29 is 4.79 Å². The summed E-state index contributed by atoms with van der Waals surface area (Å²) in [7, 11) is 1.67. The van der Waals surface area contributed by atoms with Gasteiger partial charge in [-0.15, -0.1) is 0 Å². The van der Waals surface area contributed by atoms with E-state index < -0.39 is 0 Å². The Labute approximate surface area is 79.5 Å². The number of hydrogen-bond donors (Lipinski definition) is 2. The van der Waals surface area contributed by atoms with Gasteiger partial charge >= 0.3 is 6.03 Å². The molecule has 0 saturated carbocycles. The molecule has 0 aromatic rings. The molecule has 1 fully saturated rings. The standard InChI is InChI=1S/C9H19N3O/c1-7(10)8-3-5-12(6-4-8)9(13)11-2/h7-8H,3-6,10H2,1-2H3,(H,11,13). The first-order valence-corrected chi connectivity index (χ1v) is 4.87. The zero-order valence-electron chi connectivity index (χ0n) is 8.42. The lowest BCUT2D eigenvalue weighted by Crippen LogP contribution is -2.45. The molecule has 1 aliphatic heterocycles. The summed E-state index contributed by atoms with van der Waals surface area (Å²) in [5.74, 6) is 0.584. The molecule has 0 aromatic carbocycles. The van der Waals surface area contributed by atoms with Gasteiger partial charge in [0.25, 0.3) is 0 Å². The van der Waals surface area contributed by atoms with Crippen molar-refractivity contribution in [3.63, 3.8) is 0 Å². The number of carbonyl (C=O) groups is 1. The molecule has 1 heterocycles. The SMILES string of the molecule is CNC(=O)N1CCC(C(C)N)CC1. The molecule has 1 unspecified atom stereocenters. The van der Waals surface area contributed by atoms with Crippen LogP contribution >= 0.6 is 0 Å². The van der Waals surface area contributed by atoms with Gasteiger partial charge < -0.3 is 16.0 Å². The Morgan fingerprint density at radius 3 is 2.46 bits per heavy atom. The number of piperidine rings is 1. The summed E-state index contributed by atoms with van der Waals surface area (Å²) in [6.07, 6.45) is 2.07. The van der Waals surface area contributed by atoms with Crippen LogP contribution in [0.3, 0.4) is 0 Å². The molecule has 0 bridgehead atoms. The highest BCUT2D eigenvalue weighted by molar-refractivity contribution is 5.73. The van der Waals surface area contributed by atoms with Crippen LogP contribution in [0.4, 0.5) is 4.79 Å². The van der Waals surface area contributed by atoms with Crippen LogP contribution in [0.1, 0.15) is 19.8 Å². The van der Waals surface area contributed by atoms with Gasteiger partial charge in [0, 0.05) is 26.2 Å². The van der Waals surface area contributed by atoms with Gasteiger partial charge in [-0.3, -0.25) is 0 Å². The summed E-state index contributed by atoms with van der Waals surface area (Å²) in [5, 5.41) is 2.63. The third kappa shape index (κ3) is 2.59. The van der Waals surface area contributed by atoms with Crippen molar-refractivity contribution in [3.05, 3.63) is 0 Å². The largest absolute Gasteiger partial charge is 0.341 e. The number of rotatable bonds is 1. The van der Waals surface area contributed by atoms with Gasteiger partial charge in [-0.1, -0.05) is 0 Å². The molecular formula is C9H19N3O. The summed E-state index contributed by atoms with van der Waals surface area (Å²) in [4.78, 5) is 13.1. The van der Waals surface area contributed by atoms with Gasteiger partial charge in [0.05, 0.1) is 0 Å². The molecule has 0 aliphatic carbocycles. The van der Waals surface area contributed by atoms with Crippen molar-refractivity contribution in [1.29, 1.82) is 0 Å². The Bertz CT molecular complexity index is 174. The number of likely N-dealkylation sites (tertiary alicyclic amines) is 1. The number of nitrogens with two attached hydrogens (primary N) is 1. The molecule has 2 amide bonds. The average molecular weight is 185 g/mol. The van der Waals surface area contributed by atoms with E-state index in [-0.39, 0.29) is 12.1 Å². The molecule has 3 N–H and O–H groups in total. The van der Waals surface area contributed by atoms with Crippen LogP contribution in [0.15, 0.2) is 0 Å². The maximum Gasteiger partial charge on any atom is 0.317 e. The number of nitrogens with one attached hydrogen (secondary N) is 1. The quantitative estimate of drug-likeness (QED) is 0.620. The van der Waals surface area contributed by atoms with Crippen molar-refractivity contribution in [2.24, 2.45) is 11.7 Å². The first-order chi connectivity index (χ1) is 6.15. The van der Waals surface area contributed by atoms with Crippen LogP contribution in [0.5, 0.6) is 0 Å². The Hall–Kier alpha value is -0.770. The zero-order chi connectivity index (χ0) is 9.84. The third-order valence-electron chi connectivity index (χ3n) is 2.78. The highest BCUT2D eigenvalue weighted by Crippen LogP contribution is 2.19. The van der Waals surface area contributed by atoms with E-state index in [1.54, 1.807) is 7.05 Å². The van der Waals surface area contributed by atoms with Gasteiger partial charge in [-0.25, -0.2) is 4.79 Å². The lowest BCUT2D eigenvalue weighted by atomic mass is 9.91. The Morgan fingerprint density at radius 2 is 2.08 bits per heavy atom. The van der Waals surface area contributed by atoms with Crippen LogP contribution < -0.4 is 11.1 Å². The van der Waals surface area contributed by atoms with E-state index in [9.17, 15) is 4.79 Å². The predicted molar refractivity (Wildman–Crippen MR) is 52.4 cm³/mol. The van der Waals surface area contributed by atoms with Gasteiger partial charge in [-0.05, 0) is 25.7 Å². The maximum absolute atomic E-state index is 11.2. The number of carbonyl (C=O) groups excluding carboxylic acids is 1. The Balaban J connectivity index is 2.34. The molecule has 0 aromatic heterocycles. The monoisotopic (exact) mass is 185 g/mol. The minimum Gasteiger partial charge on any atom is -0.341 e. The first kappa shape index (κ1) is 10.3. The maximum atomic E-state index is 11.2. The van der Waals surface area contributed by atoms with Crippen molar-refractivity contribution >= 4 is 6.03 Å².